The van der Waals surface area contributed by atoms with Crippen LogP contribution in [0.4, 0.5) is 0 Å². The number of hydrogen-bond acceptors (Lipinski definition) is 4. The van der Waals surface area contributed by atoms with E-state index in [2.05, 4.69) is 5.14 Å². The first kappa shape index (κ1) is 13.4. The third kappa shape index (κ3) is 15.9. The van der Waals surface area contributed by atoms with E-state index in [9.17, 15) is 8.42 Å². The zero-order valence-corrected chi connectivity index (χ0v) is 7.04. The quantitative estimate of drug-likeness (QED) is 0.437. The minimum absolute atomic E-state index is 0.0208. The van der Waals surface area contributed by atoms with Gasteiger partial charge in [-0.3, -0.25) is 0 Å². The highest BCUT2D eigenvalue weighted by molar-refractivity contribution is 7.89. The lowest BCUT2D eigenvalue weighted by molar-refractivity contribution is -0.159. The molecule has 0 aromatic heterocycles. The van der Waals surface area contributed by atoms with Crippen LogP contribution in [0.25, 0.3) is 0 Å². The Morgan fingerprint density at radius 2 is 1.42 bits per heavy atom. The third-order valence-corrected chi connectivity index (χ3v) is 1.39. The highest BCUT2D eigenvalue weighted by Gasteiger charge is 2.04. The maximum Gasteiger partial charge on any atom is 0.414 e. The molecule has 0 fully saturated rings. The monoisotopic (exact) mass is 199 g/mol. The van der Waals surface area contributed by atoms with Gasteiger partial charge >= 0.3 is 11.9 Å². The molecule has 0 saturated heterocycles. The molecule has 0 atom stereocenters. The van der Waals surface area contributed by atoms with E-state index >= 15 is 0 Å². The van der Waals surface area contributed by atoms with Crippen molar-refractivity contribution in [2.45, 2.75) is 6.92 Å². The Kier molecular flexibility index (Phi) is 6.15. The molecule has 0 unspecified atom stereocenters. The van der Waals surface area contributed by atoms with Crippen molar-refractivity contribution in [2.75, 3.05) is 5.75 Å². The Balaban J connectivity index is 0. The van der Waals surface area contributed by atoms with Gasteiger partial charge in [-0.15, -0.1) is 0 Å². The summed E-state index contributed by atoms with van der Waals surface area (Å²) < 4.78 is 19.6. The van der Waals surface area contributed by atoms with E-state index in [-0.39, 0.29) is 5.75 Å². The second-order valence-corrected chi connectivity index (χ2v) is 3.46. The summed E-state index contributed by atoms with van der Waals surface area (Å²) >= 11 is 0. The lowest BCUT2D eigenvalue weighted by Crippen LogP contribution is -2.13. The topological polar surface area (TPSA) is 135 Å². The van der Waals surface area contributed by atoms with Gasteiger partial charge in [-0.05, 0) is 6.92 Å². The van der Waals surface area contributed by atoms with E-state index in [1.54, 1.807) is 0 Å². The largest absolute Gasteiger partial charge is 0.473 e. The van der Waals surface area contributed by atoms with Gasteiger partial charge in [0.05, 0.1) is 5.75 Å². The average Bonchev–Trinajstić information content (AvgIpc) is 1.87. The smallest absolute Gasteiger partial charge is 0.414 e. The van der Waals surface area contributed by atoms with E-state index in [1.807, 2.05) is 0 Å². The van der Waals surface area contributed by atoms with Gasteiger partial charge in [0.2, 0.25) is 10.0 Å². The normalized spacial score (nSPS) is 9.50. The fourth-order valence-electron chi connectivity index (χ4n) is 0. The highest BCUT2D eigenvalue weighted by Crippen LogP contribution is 1.68. The fourth-order valence-corrected chi connectivity index (χ4v) is 0. The zero-order valence-electron chi connectivity index (χ0n) is 6.22. The third-order valence-electron chi connectivity index (χ3n) is 0.585. The van der Waals surface area contributed by atoms with E-state index in [1.165, 1.54) is 6.92 Å². The summed E-state index contributed by atoms with van der Waals surface area (Å²) in [5.74, 6) is -3.63. The Labute approximate surface area is 68.9 Å². The molecule has 8 heteroatoms. The van der Waals surface area contributed by atoms with Crippen LogP contribution in [0.1, 0.15) is 6.92 Å². The number of primary sulfonamides is 1. The minimum Gasteiger partial charge on any atom is -0.473 e. The molecule has 0 spiro atoms. The van der Waals surface area contributed by atoms with Crippen molar-refractivity contribution in [2.24, 2.45) is 5.14 Å². The molecule has 0 aliphatic rings. The first-order chi connectivity index (χ1) is 5.20. The summed E-state index contributed by atoms with van der Waals surface area (Å²) in [6, 6.07) is 0. The summed E-state index contributed by atoms with van der Waals surface area (Å²) in [6.45, 7) is 1.50. The first-order valence-corrected chi connectivity index (χ1v) is 4.39. The van der Waals surface area contributed by atoms with E-state index < -0.39 is 22.0 Å². The van der Waals surface area contributed by atoms with Crippen molar-refractivity contribution in [1.29, 1.82) is 0 Å². The molecule has 7 nitrogen and oxygen atoms in total. The summed E-state index contributed by atoms with van der Waals surface area (Å²) in [7, 11) is -3.16. The molecule has 0 aliphatic carbocycles. The van der Waals surface area contributed by atoms with Gasteiger partial charge in [-0.25, -0.2) is 23.1 Å². The second-order valence-electron chi connectivity index (χ2n) is 1.56. The van der Waals surface area contributed by atoms with Crippen molar-refractivity contribution in [3.63, 3.8) is 0 Å². The lowest BCUT2D eigenvalue weighted by Gasteiger charge is -1.81. The number of sulfonamides is 1. The number of nitrogens with two attached hydrogens (primary N) is 1. The number of aliphatic carboxylic acids is 2. The molecular weight excluding hydrogens is 190 g/mol. The minimum atomic E-state index is -3.16. The predicted molar refractivity (Wildman–Crippen MR) is 38.9 cm³/mol. The van der Waals surface area contributed by atoms with Crippen LogP contribution in [-0.4, -0.2) is 36.3 Å². The Bertz CT molecular complexity index is 243. The lowest BCUT2D eigenvalue weighted by atomic mass is 10.7. The second kappa shape index (κ2) is 5.49. The molecular formula is C4H9NO6S. The van der Waals surface area contributed by atoms with Crippen LogP contribution in [0.3, 0.4) is 0 Å². The molecule has 4 N–H and O–H groups in total. The van der Waals surface area contributed by atoms with Crippen molar-refractivity contribution >= 4 is 22.0 Å². The Morgan fingerprint density at radius 3 is 1.42 bits per heavy atom. The number of hydrogen-bond donors (Lipinski definition) is 3. The Hall–Kier alpha value is -1.15. The molecule has 12 heavy (non-hydrogen) atoms. The summed E-state index contributed by atoms with van der Waals surface area (Å²) in [4.78, 5) is 18.2. The first-order valence-electron chi connectivity index (χ1n) is 2.67. The zero-order chi connectivity index (χ0) is 10.4. The predicted octanol–water partition coefficient (Wildman–Crippen LogP) is -1.55. The molecule has 72 valence electrons. The molecule has 0 heterocycles. The molecule has 0 aromatic carbocycles. The summed E-state index contributed by atoms with van der Waals surface area (Å²) in [5.41, 5.74) is 0. The van der Waals surface area contributed by atoms with Crippen molar-refractivity contribution in [1.82, 2.24) is 0 Å². The summed E-state index contributed by atoms with van der Waals surface area (Å²) in [5, 5.41) is 19.3. The SMILES string of the molecule is CCS(N)(=O)=O.O=C(O)C(=O)O. The van der Waals surface area contributed by atoms with E-state index in [0.29, 0.717) is 0 Å². The number of carbonyl (C=O) groups is 2. The molecule has 0 rings (SSSR count). The number of rotatable bonds is 1. The molecule has 0 radical (unpaired) electrons. The van der Waals surface area contributed by atoms with Crippen LogP contribution in [0, 0.1) is 0 Å². The van der Waals surface area contributed by atoms with Crippen LogP contribution in [0.15, 0.2) is 0 Å². The maximum atomic E-state index is 9.78. The van der Waals surface area contributed by atoms with Crippen LogP contribution in [0.2, 0.25) is 0 Å². The van der Waals surface area contributed by atoms with Gasteiger partial charge < -0.3 is 10.2 Å². The van der Waals surface area contributed by atoms with E-state index in [0.717, 1.165) is 0 Å². The summed E-state index contributed by atoms with van der Waals surface area (Å²) in [6.07, 6.45) is 0. The van der Waals surface area contributed by atoms with E-state index in [4.69, 9.17) is 19.8 Å². The van der Waals surface area contributed by atoms with Crippen LogP contribution >= 0.6 is 0 Å². The molecule has 0 amide bonds. The standard InChI is InChI=1S/C2H7NO2S.C2H2O4/c1-2-6(3,4)5;3-1(4)2(5)6/h2H2,1H3,(H2,3,4,5);(H,3,4)(H,5,6). The number of carboxylic acid groups (broad SMARTS) is 2. The number of carboxylic acids is 2. The van der Waals surface area contributed by atoms with Gasteiger partial charge in [-0.2, -0.15) is 0 Å². The fraction of sp³-hybridized carbons (Fsp3) is 0.500. The molecule has 0 saturated carbocycles. The maximum absolute atomic E-state index is 9.78. The molecule has 0 aliphatic heterocycles. The van der Waals surface area contributed by atoms with Gasteiger partial charge in [0, 0.05) is 0 Å². The van der Waals surface area contributed by atoms with Crippen LogP contribution in [-0.2, 0) is 19.6 Å². The van der Waals surface area contributed by atoms with Crippen LogP contribution < -0.4 is 5.14 Å². The Morgan fingerprint density at radius 1 is 1.25 bits per heavy atom. The molecule has 0 bridgehead atoms. The van der Waals surface area contributed by atoms with Gasteiger partial charge in [0.25, 0.3) is 0 Å². The van der Waals surface area contributed by atoms with Crippen molar-refractivity contribution in [3.05, 3.63) is 0 Å². The van der Waals surface area contributed by atoms with Gasteiger partial charge in [-0.1, -0.05) is 0 Å². The van der Waals surface area contributed by atoms with Crippen molar-refractivity contribution in [3.8, 4) is 0 Å². The average molecular weight is 199 g/mol. The van der Waals surface area contributed by atoms with Gasteiger partial charge in [0.1, 0.15) is 0 Å². The molecule has 0 aromatic rings. The highest BCUT2D eigenvalue weighted by atomic mass is 32.2. The van der Waals surface area contributed by atoms with Crippen molar-refractivity contribution < 1.29 is 28.2 Å². The van der Waals surface area contributed by atoms with Crippen LogP contribution in [0.5, 0.6) is 0 Å². The van der Waals surface area contributed by atoms with Gasteiger partial charge in [0.15, 0.2) is 0 Å².